The van der Waals surface area contributed by atoms with Gasteiger partial charge >= 0.3 is 35.5 Å². The van der Waals surface area contributed by atoms with Crippen molar-refractivity contribution >= 4 is 71.0 Å². The third kappa shape index (κ3) is 7.97. The number of hydrogen-bond donors (Lipinski definition) is 2. The van der Waals surface area contributed by atoms with Crippen molar-refractivity contribution < 1.29 is 14.7 Å². The molecule has 0 aliphatic rings. The van der Waals surface area contributed by atoms with E-state index in [0.29, 0.717) is 17.7 Å². The molecule has 178 valence electrons. The van der Waals surface area contributed by atoms with Crippen LogP contribution in [0.5, 0.6) is 0 Å². The van der Waals surface area contributed by atoms with Crippen molar-refractivity contribution in [3.05, 3.63) is 83.7 Å². The third-order valence-corrected chi connectivity index (χ3v) is 6.00. The van der Waals surface area contributed by atoms with E-state index in [1.165, 1.54) is 0 Å². The van der Waals surface area contributed by atoms with Crippen molar-refractivity contribution in [2.24, 2.45) is 0 Å². The van der Waals surface area contributed by atoms with E-state index in [1.807, 2.05) is 92.1 Å². The normalized spacial score (nSPS) is 11.5. The van der Waals surface area contributed by atoms with Crippen LogP contribution in [0.4, 0.5) is 5.69 Å². The van der Waals surface area contributed by atoms with Crippen LogP contribution in [0.3, 0.4) is 0 Å². The van der Waals surface area contributed by atoms with Gasteiger partial charge in [-0.25, -0.2) is 4.79 Å². The standard InChI is InChI=1S/C27H29N3O3S.Na.H/c1-30(2)25-13-15-28-18-21(25)11-9-19-10-12-22(23(17-19)20-7-5-4-6-8-20)26(31)29-24(27(32)33)14-16-34-3;;/h4-13,15,17-18,24H,14,16H2,1-3H3,(H,29,31)(H,32,33);;. The Morgan fingerprint density at radius 1 is 1.11 bits per heavy atom. The molecule has 0 fully saturated rings. The summed E-state index contributed by atoms with van der Waals surface area (Å²) in [5.41, 5.74) is 5.02. The number of carboxylic acids is 1. The summed E-state index contributed by atoms with van der Waals surface area (Å²) in [5, 5.41) is 12.2. The third-order valence-electron chi connectivity index (χ3n) is 5.35. The van der Waals surface area contributed by atoms with Crippen LogP contribution in [0, 0.1) is 0 Å². The number of hydrogen-bond acceptors (Lipinski definition) is 5. The van der Waals surface area contributed by atoms with Gasteiger partial charge in [0.05, 0.1) is 0 Å². The summed E-state index contributed by atoms with van der Waals surface area (Å²) in [5.74, 6) is -0.781. The molecule has 1 unspecified atom stereocenters. The predicted molar refractivity (Wildman–Crippen MR) is 148 cm³/mol. The number of thioether (sulfide) groups is 1. The van der Waals surface area contributed by atoms with Gasteiger partial charge in [-0.2, -0.15) is 11.8 Å². The Morgan fingerprint density at radius 2 is 1.86 bits per heavy atom. The number of aromatic nitrogens is 1. The quantitative estimate of drug-likeness (QED) is 0.406. The summed E-state index contributed by atoms with van der Waals surface area (Å²) in [6.07, 6.45) is 9.83. The Hall–Kier alpha value is -2.58. The summed E-state index contributed by atoms with van der Waals surface area (Å²) in [4.78, 5) is 31.0. The summed E-state index contributed by atoms with van der Waals surface area (Å²) in [6, 6.07) is 16.2. The minimum atomic E-state index is -1.03. The Morgan fingerprint density at radius 3 is 2.51 bits per heavy atom. The predicted octanol–water partition coefficient (Wildman–Crippen LogP) is 4.27. The molecule has 6 nitrogen and oxygen atoms in total. The number of anilines is 1. The molecule has 35 heavy (non-hydrogen) atoms. The number of carboxylic acid groups (broad SMARTS) is 1. The molecule has 8 heteroatoms. The van der Waals surface area contributed by atoms with Gasteiger partial charge < -0.3 is 15.3 Å². The summed E-state index contributed by atoms with van der Waals surface area (Å²) < 4.78 is 0. The molecule has 0 radical (unpaired) electrons. The first-order valence-corrected chi connectivity index (χ1v) is 12.3. The monoisotopic (exact) mass is 499 g/mol. The van der Waals surface area contributed by atoms with Crippen LogP contribution in [0.15, 0.2) is 67.0 Å². The molecule has 1 heterocycles. The Kier molecular flexibility index (Phi) is 11.5. The maximum atomic E-state index is 13.1. The fourth-order valence-corrected chi connectivity index (χ4v) is 4.04. The van der Waals surface area contributed by atoms with Crippen molar-refractivity contribution in [1.29, 1.82) is 0 Å². The number of carbonyl (C=O) groups is 2. The molecule has 0 saturated carbocycles. The van der Waals surface area contributed by atoms with Gasteiger partial charge in [-0.05, 0) is 53.3 Å². The fourth-order valence-electron chi connectivity index (χ4n) is 3.57. The second-order valence-electron chi connectivity index (χ2n) is 7.98. The van der Waals surface area contributed by atoms with E-state index in [-0.39, 0.29) is 29.6 Å². The van der Waals surface area contributed by atoms with E-state index in [1.54, 1.807) is 24.0 Å². The van der Waals surface area contributed by atoms with Crippen LogP contribution in [0.2, 0.25) is 0 Å². The number of rotatable bonds is 10. The molecule has 3 rings (SSSR count). The van der Waals surface area contributed by atoms with Crippen LogP contribution < -0.4 is 10.2 Å². The zero-order valence-corrected chi connectivity index (χ0v) is 20.4. The van der Waals surface area contributed by atoms with E-state index in [2.05, 4.69) is 10.3 Å². The van der Waals surface area contributed by atoms with Gasteiger partial charge in [0.25, 0.3) is 5.91 Å². The van der Waals surface area contributed by atoms with Gasteiger partial charge in [-0.15, -0.1) is 0 Å². The molecule has 3 aromatic rings. The van der Waals surface area contributed by atoms with Crippen LogP contribution in [0.1, 0.15) is 27.9 Å². The molecule has 0 aliphatic heterocycles. The van der Waals surface area contributed by atoms with E-state index >= 15 is 0 Å². The van der Waals surface area contributed by atoms with E-state index in [4.69, 9.17) is 0 Å². The number of carbonyl (C=O) groups excluding carboxylic acids is 1. The van der Waals surface area contributed by atoms with Crippen LogP contribution >= 0.6 is 11.8 Å². The van der Waals surface area contributed by atoms with Gasteiger partial charge in [0, 0.05) is 43.3 Å². The number of nitrogens with one attached hydrogen (secondary N) is 1. The van der Waals surface area contributed by atoms with Gasteiger partial charge in [-0.1, -0.05) is 48.6 Å². The second kappa shape index (κ2) is 14.1. The van der Waals surface area contributed by atoms with Crippen LogP contribution in [-0.2, 0) is 4.79 Å². The molecule has 1 aromatic heterocycles. The summed E-state index contributed by atoms with van der Waals surface area (Å²) >= 11 is 1.55. The van der Waals surface area contributed by atoms with E-state index < -0.39 is 17.9 Å². The SMILES string of the molecule is CSCCC(NC(=O)c1ccc(C=Cc2cnccc2N(C)C)cc1-c1ccccc1)C(=O)O.[NaH]. The molecule has 0 spiro atoms. The number of aliphatic carboxylic acids is 1. The first-order valence-electron chi connectivity index (χ1n) is 10.9. The first-order chi connectivity index (χ1) is 16.4. The number of benzene rings is 2. The molecule has 0 aliphatic carbocycles. The Bertz CT molecular complexity index is 1170. The van der Waals surface area contributed by atoms with Crippen molar-refractivity contribution in [3.63, 3.8) is 0 Å². The van der Waals surface area contributed by atoms with Crippen LogP contribution in [0.25, 0.3) is 23.3 Å². The molecule has 2 N–H and O–H groups in total. The van der Waals surface area contributed by atoms with Crippen molar-refractivity contribution in [1.82, 2.24) is 10.3 Å². The van der Waals surface area contributed by atoms with Gasteiger partial charge in [0.2, 0.25) is 0 Å². The van der Waals surface area contributed by atoms with E-state index in [9.17, 15) is 14.7 Å². The average molecular weight is 500 g/mol. The fraction of sp³-hybridized carbons (Fsp3) is 0.222. The maximum absolute atomic E-state index is 13.1. The molecule has 1 atom stereocenters. The molecule has 0 bridgehead atoms. The van der Waals surface area contributed by atoms with Gasteiger partial charge in [0.15, 0.2) is 0 Å². The van der Waals surface area contributed by atoms with Crippen molar-refractivity contribution in [2.75, 3.05) is 31.0 Å². The van der Waals surface area contributed by atoms with E-state index in [0.717, 1.165) is 27.9 Å². The molecule has 0 saturated heterocycles. The average Bonchev–Trinajstić information content (AvgIpc) is 2.85. The second-order valence-corrected chi connectivity index (χ2v) is 8.96. The molecule has 1 amide bonds. The minimum absolute atomic E-state index is 0. The van der Waals surface area contributed by atoms with Gasteiger partial charge in [-0.3, -0.25) is 9.78 Å². The van der Waals surface area contributed by atoms with Crippen molar-refractivity contribution in [2.45, 2.75) is 12.5 Å². The van der Waals surface area contributed by atoms with Crippen LogP contribution in [-0.4, -0.2) is 83.7 Å². The number of amides is 1. The molecule has 2 aromatic carbocycles. The molecular weight excluding hydrogens is 469 g/mol. The van der Waals surface area contributed by atoms with Gasteiger partial charge in [0.1, 0.15) is 6.04 Å². The Balaban J connectivity index is 0.00000432. The zero-order chi connectivity index (χ0) is 24.5. The topological polar surface area (TPSA) is 82.5 Å². The van der Waals surface area contributed by atoms with Crippen molar-refractivity contribution in [3.8, 4) is 11.1 Å². The number of nitrogens with zero attached hydrogens (tertiary/aromatic N) is 2. The zero-order valence-electron chi connectivity index (χ0n) is 19.6. The number of pyridine rings is 1. The molecular formula is C27H30N3NaO3S. The summed E-state index contributed by atoms with van der Waals surface area (Å²) in [7, 11) is 3.97. The first kappa shape index (κ1) is 28.7. The summed E-state index contributed by atoms with van der Waals surface area (Å²) in [6.45, 7) is 0. The Labute approximate surface area is 233 Å².